The Labute approximate surface area is 104 Å². The van der Waals surface area contributed by atoms with Crippen LogP contribution < -0.4 is 4.74 Å². The second kappa shape index (κ2) is 4.01. The molecule has 0 aliphatic carbocycles. The summed E-state index contributed by atoms with van der Waals surface area (Å²) in [5.74, 6) is 0.507. The zero-order valence-electron chi connectivity index (χ0n) is 9.51. The quantitative estimate of drug-likeness (QED) is 0.705. The van der Waals surface area contributed by atoms with Gasteiger partial charge in [-0.15, -0.1) is 0 Å². The van der Waals surface area contributed by atoms with Crippen LogP contribution in [0.5, 0.6) is 5.75 Å². The van der Waals surface area contributed by atoms with Gasteiger partial charge in [-0.1, -0.05) is 18.2 Å². The van der Waals surface area contributed by atoms with Gasteiger partial charge in [0.15, 0.2) is 5.78 Å². The summed E-state index contributed by atoms with van der Waals surface area (Å²) in [4.78, 5) is 12.4. The average Bonchev–Trinajstić information content (AvgIpc) is 2.57. The SMILES string of the molecule is N#Cc1ccc2c(c1)C(=O)c1ccccc1OC2. The number of nitriles is 1. The fraction of sp³-hybridized carbons (Fsp3) is 0.0667. The molecule has 0 N–H and O–H groups in total. The van der Waals surface area contributed by atoms with E-state index in [1.54, 1.807) is 36.4 Å². The molecule has 18 heavy (non-hydrogen) atoms. The predicted octanol–water partition coefficient (Wildman–Crippen LogP) is 2.68. The second-order valence-electron chi connectivity index (χ2n) is 4.10. The molecule has 1 aliphatic rings. The number of hydrogen-bond acceptors (Lipinski definition) is 3. The van der Waals surface area contributed by atoms with E-state index in [9.17, 15) is 4.79 Å². The summed E-state index contributed by atoms with van der Waals surface area (Å²) < 4.78 is 5.62. The van der Waals surface area contributed by atoms with E-state index in [0.717, 1.165) is 5.56 Å². The van der Waals surface area contributed by atoms with Gasteiger partial charge < -0.3 is 4.74 Å². The van der Waals surface area contributed by atoms with Gasteiger partial charge in [0.1, 0.15) is 12.4 Å². The zero-order valence-corrected chi connectivity index (χ0v) is 9.51. The fourth-order valence-corrected chi connectivity index (χ4v) is 2.06. The van der Waals surface area contributed by atoms with E-state index >= 15 is 0 Å². The molecule has 0 aromatic heterocycles. The first-order valence-corrected chi connectivity index (χ1v) is 5.59. The van der Waals surface area contributed by atoms with Crippen molar-refractivity contribution in [2.45, 2.75) is 6.61 Å². The van der Waals surface area contributed by atoms with E-state index in [4.69, 9.17) is 10.00 Å². The van der Waals surface area contributed by atoms with Crippen molar-refractivity contribution in [2.24, 2.45) is 0 Å². The Bertz CT molecular complexity index is 683. The number of para-hydroxylation sites is 1. The summed E-state index contributed by atoms with van der Waals surface area (Å²) in [7, 11) is 0. The lowest BCUT2D eigenvalue weighted by Gasteiger charge is -2.04. The number of rotatable bonds is 0. The number of nitrogens with zero attached hydrogens (tertiary/aromatic N) is 1. The summed E-state index contributed by atoms with van der Waals surface area (Å²) in [6.07, 6.45) is 0. The zero-order chi connectivity index (χ0) is 12.5. The van der Waals surface area contributed by atoms with Gasteiger partial charge >= 0.3 is 0 Å². The molecule has 2 aromatic rings. The van der Waals surface area contributed by atoms with Gasteiger partial charge in [-0.05, 0) is 24.3 Å². The molecule has 3 heteroatoms. The van der Waals surface area contributed by atoms with E-state index < -0.39 is 0 Å². The van der Waals surface area contributed by atoms with Crippen LogP contribution in [0.4, 0.5) is 0 Å². The van der Waals surface area contributed by atoms with Crippen LogP contribution in [-0.4, -0.2) is 5.78 Å². The van der Waals surface area contributed by atoms with E-state index in [2.05, 4.69) is 0 Å². The molecule has 86 valence electrons. The summed E-state index contributed by atoms with van der Waals surface area (Å²) in [6.45, 7) is 0.351. The molecular weight excluding hydrogens is 226 g/mol. The molecule has 2 aromatic carbocycles. The van der Waals surface area contributed by atoms with Crippen molar-refractivity contribution >= 4 is 5.78 Å². The number of fused-ring (bicyclic) bond motifs is 2. The number of ketones is 1. The monoisotopic (exact) mass is 235 g/mol. The summed E-state index contributed by atoms with van der Waals surface area (Å²) >= 11 is 0. The molecule has 0 atom stereocenters. The Balaban J connectivity index is 2.21. The van der Waals surface area contributed by atoms with Crippen LogP contribution in [0.2, 0.25) is 0 Å². The Morgan fingerprint density at radius 1 is 1.11 bits per heavy atom. The van der Waals surface area contributed by atoms with Gasteiger partial charge in [0.25, 0.3) is 0 Å². The first kappa shape index (κ1) is 10.5. The topological polar surface area (TPSA) is 50.1 Å². The van der Waals surface area contributed by atoms with Crippen molar-refractivity contribution in [3.05, 3.63) is 64.7 Å². The highest BCUT2D eigenvalue weighted by Gasteiger charge is 2.21. The van der Waals surface area contributed by atoms with Gasteiger partial charge in [-0.25, -0.2) is 0 Å². The first-order chi connectivity index (χ1) is 8.79. The maximum Gasteiger partial charge on any atom is 0.197 e. The molecular formula is C15H9NO2. The smallest absolute Gasteiger partial charge is 0.197 e. The lowest BCUT2D eigenvalue weighted by molar-refractivity contribution is 0.103. The highest BCUT2D eigenvalue weighted by molar-refractivity contribution is 6.12. The minimum Gasteiger partial charge on any atom is -0.488 e. The number of ether oxygens (including phenoxy) is 1. The van der Waals surface area contributed by atoms with Crippen LogP contribution in [0.3, 0.4) is 0 Å². The maximum atomic E-state index is 12.4. The largest absolute Gasteiger partial charge is 0.488 e. The summed E-state index contributed by atoms with van der Waals surface area (Å²) in [5, 5.41) is 8.90. The third-order valence-corrected chi connectivity index (χ3v) is 3.00. The normalized spacial score (nSPS) is 12.7. The minimum absolute atomic E-state index is 0.0878. The number of carbonyl (C=O) groups excluding carboxylic acids is 1. The summed E-state index contributed by atoms with van der Waals surface area (Å²) in [5.41, 5.74) is 2.40. The van der Waals surface area contributed by atoms with Crippen LogP contribution in [0.1, 0.15) is 27.0 Å². The Hall–Kier alpha value is -2.60. The molecule has 0 unspecified atom stereocenters. The molecule has 3 nitrogen and oxygen atoms in total. The lowest BCUT2D eigenvalue weighted by atomic mass is 9.97. The highest BCUT2D eigenvalue weighted by atomic mass is 16.5. The van der Waals surface area contributed by atoms with Crippen LogP contribution in [0.25, 0.3) is 0 Å². The Morgan fingerprint density at radius 3 is 2.78 bits per heavy atom. The molecule has 3 rings (SSSR count). The maximum absolute atomic E-state index is 12.4. The highest BCUT2D eigenvalue weighted by Crippen LogP contribution is 2.28. The standard InChI is InChI=1S/C15H9NO2/c16-8-10-5-6-11-9-18-14-4-2-1-3-12(14)15(17)13(11)7-10/h1-7H,9H2. The predicted molar refractivity (Wildman–Crippen MR) is 65.4 cm³/mol. The van der Waals surface area contributed by atoms with Crippen LogP contribution in [-0.2, 0) is 6.61 Å². The van der Waals surface area contributed by atoms with Gasteiger partial charge in [0, 0.05) is 11.1 Å². The molecule has 0 saturated carbocycles. The molecule has 0 spiro atoms. The van der Waals surface area contributed by atoms with Gasteiger partial charge in [0.05, 0.1) is 17.2 Å². The van der Waals surface area contributed by atoms with Gasteiger partial charge in [0.2, 0.25) is 0 Å². The van der Waals surface area contributed by atoms with Crippen LogP contribution in [0, 0.1) is 11.3 Å². The van der Waals surface area contributed by atoms with Crippen molar-refractivity contribution < 1.29 is 9.53 Å². The molecule has 0 fully saturated rings. The third-order valence-electron chi connectivity index (χ3n) is 3.00. The van der Waals surface area contributed by atoms with Gasteiger partial charge in [-0.3, -0.25) is 4.79 Å². The average molecular weight is 235 g/mol. The van der Waals surface area contributed by atoms with Crippen molar-refractivity contribution in [3.8, 4) is 11.8 Å². The minimum atomic E-state index is -0.0878. The van der Waals surface area contributed by atoms with E-state index in [-0.39, 0.29) is 5.78 Å². The number of hydrogen-bond donors (Lipinski definition) is 0. The molecule has 0 saturated heterocycles. The summed E-state index contributed by atoms with van der Waals surface area (Å²) in [6, 6.07) is 14.3. The Kier molecular flexibility index (Phi) is 2.35. The van der Waals surface area contributed by atoms with Crippen LogP contribution in [0.15, 0.2) is 42.5 Å². The molecule has 0 amide bonds. The molecule has 0 bridgehead atoms. The van der Waals surface area contributed by atoms with Crippen molar-refractivity contribution in [2.75, 3.05) is 0 Å². The number of carbonyl (C=O) groups is 1. The third kappa shape index (κ3) is 1.56. The van der Waals surface area contributed by atoms with Crippen molar-refractivity contribution in [3.63, 3.8) is 0 Å². The fourth-order valence-electron chi connectivity index (χ4n) is 2.06. The first-order valence-electron chi connectivity index (χ1n) is 5.59. The van der Waals surface area contributed by atoms with Crippen molar-refractivity contribution in [1.82, 2.24) is 0 Å². The van der Waals surface area contributed by atoms with Crippen LogP contribution >= 0.6 is 0 Å². The lowest BCUT2D eigenvalue weighted by Crippen LogP contribution is -2.03. The molecule has 0 radical (unpaired) electrons. The van der Waals surface area contributed by atoms with E-state index in [1.165, 1.54) is 0 Å². The molecule has 1 aliphatic heterocycles. The van der Waals surface area contributed by atoms with Crippen molar-refractivity contribution in [1.29, 1.82) is 5.26 Å². The van der Waals surface area contributed by atoms with E-state index in [0.29, 0.717) is 29.0 Å². The van der Waals surface area contributed by atoms with Gasteiger partial charge in [-0.2, -0.15) is 5.26 Å². The second-order valence-corrected chi connectivity index (χ2v) is 4.10. The van der Waals surface area contributed by atoms with E-state index in [1.807, 2.05) is 12.1 Å². The number of benzene rings is 2. The Morgan fingerprint density at radius 2 is 1.94 bits per heavy atom. The molecule has 1 heterocycles.